The molecule has 0 saturated carbocycles. The van der Waals surface area contributed by atoms with Gasteiger partial charge in [0.15, 0.2) is 0 Å². The zero-order valence-corrected chi connectivity index (χ0v) is 19.1. The number of hydrogen-bond acceptors (Lipinski definition) is 4. The first-order valence-corrected chi connectivity index (χ1v) is 11.4. The second-order valence-electron chi connectivity index (χ2n) is 8.13. The van der Waals surface area contributed by atoms with E-state index in [-0.39, 0.29) is 12.3 Å². The second kappa shape index (κ2) is 7.68. The number of rotatable bonds is 3. The topological polar surface area (TPSA) is 34.1 Å². The van der Waals surface area contributed by atoms with Crippen molar-refractivity contribution < 1.29 is 9.47 Å². The number of methoxy groups -OCH3 is 1. The molecule has 0 bridgehead atoms. The van der Waals surface area contributed by atoms with Crippen LogP contribution in [0.2, 0.25) is 0 Å². The standard InChI is InChI=1S/C27H21BrN2O2/c1-31-22-11-8-18(9-12-22)27-30-25(23-15-21(28)10-13-26(23)32-27)16-24(29-30)20-7-6-17-4-2-3-5-19(17)14-20/h2-15,25,27H,16H2,1H3/t25-,27-/m0/s1. The lowest BCUT2D eigenvalue weighted by Gasteiger charge is -2.38. The summed E-state index contributed by atoms with van der Waals surface area (Å²) in [4.78, 5) is 0. The highest BCUT2D eigenvalue weighted by Crippen LogP contribution is 2.48. The van der Waals surface area contributed by atoms with Crippen molar-refractivity contribution >= 4 is 32.4 Å². The normalized spacial score (nSPS) is 19.2. The molecule has 5 heteroatoms. The van der Waals surface area contributed by atoms with Crippen LogP contribution in [0.1, 0.15) is 35.4 Å². The first-order valence-electron chi connectivity index (χ1n) is 10.6. The van der Waals surface area contributed by atoms with Crippen LogP contribution in [-0.2, 0) is 0 Å². The highest BCUT2D eigenvalue weighted by atomic mass is 79.9. The van der Waals surface area contributed by atoms with Crippen molar-refractivity contribution in [3.63, 3.8) is 0 Å². The Morgan fingerprint density at radius 2 is 1.75 bits per heavy atom. The molecule has 0 amide bonds. The van der Waals surface area contributed by atoms with Gasteiger partial charge in [0.25, 0.3) is 0 Å². The van der Waals surface area contributed by atoms with Crippen LogP contribution in [-0.4, -0.2) is 17.8 Å². The molecule has 0 spiro atoms. The molecule has 0 saturated heterocycles. The molecule has 2 atom stereocenters. The van der Waals surface area contributed by atoms with Crippen LogP contribution in [0, 0.1) is 0 Å². The van der Waals surface area contributed by atoms with Gasteiger partial charge in [-0.3, -0.25) is 0 Å². The first kappa shape index (κ1) is 19.4. The van der Waals surface area contributed by atoms with E-state index >= 15 is 0 Å². The molecule has 4 nitrogen and oxygen atoms in total. The van der Waals surface area contributed by atoms with Gasteiger partial charge in [0, 0.05) is 22.0 Å². The average Bonchev–Trinajstić information content (AvgIpc) is 3.29. The molecule has 0 aromatic heterocycles. The van der Waals surface area contributed by atoms with E-state index in [1.807, 2.05) is 36.4 Å². The van der Waals surface area contributed by atoms with E-state index in [1.54, 1.807) is 7.11 Å². The lowest BCUT2D eigenvalue weighted by atomic mass is 9.95. The van der Waals surface area contributed by atoms with Gasteiger partial charge in [-0.25, -0.2) is 5.01 Å². The number of hydrogen-bond donors (Lipinski definition) is 0. The van der Waals surface area contributed by atoms with Gasteiger partial charge >= 0.3 is 0 Å². The van der Waals surface area contributed by atoms with Gasteiger partial charge in [0.1, 0.15) is 11.5 Å². The Kier molecular flexibility index (Phi) is 4.65. The fourth-order valence-electron chi connectivity index (χ4n) is 4.59. The Balaban J connectivity index is 1.44. The third-order valence-electron chi connectivity index (χ3n) is 6.24. The molecule has 0 N–H and O–H groups in total. The third kappa shape index (κ3) is 3.24. The number of halogens is 1. The fourth-order valence-corrected chi connectivity index (χ4v) is 4.97. The van der Waals surface area contributed by atoms with Gasteiger partial charge in [0.05, 0.1) is 18.9 Å². The van der Waals surface area contributed by atoms with Gasteiger partial charge < -0.3 is 9.47 Å². The Morgan fingerprint density at radius 1 is 0.938 bits per heavy atom. The summed E-state index contributed by atoms with van der Waals surface area (Å²) in [7, 11) is 1.68. The smallest absolute Gasteiger partial charge is 0.213 e. The predicted molar refractivity (Wildman–Crippen MR) is 130 cm³/mol. The van der Waals surface area contributed by atoms with Gasteiger partial charge in [-0.1, -0.05) is 52.3 Å². The minimum atomic E-state index is -0.294. The molecule has 2 heterocycles. The summed E-state index contributed by atoms with van der Waals surface area (Å²) in [5.41, 5.74) is 4.44. The summed E-state index contributed by atoms with van der Waals surface area (Å²) < 4.78 is 12.9. The van der Waals surface area contributed by atoms with E-state index in [9.17, 15) is 0 Å². The van der Waals surface area contributed by atoms with Crippen molar-refractivity contribution in [1.82, 2.24) is 5.01 Å². The first-order chi connectivity index (χ1) is 15.7. The van der Waals surface area contributed by atoms with Crippen molar-refractivity contribution in [2.24, 2.45) is 5.10 Å². The molecular weight excluding hydrogens is 464 g/mol. The summed E-state index contributed by atoms with van der Waals surface area (Å²) >= 11 is 3.63. The summed E-state index contributed by atoms with van der Waals surface area (Å²) in [6, 6.07) is 29.4. The number of hydrazone groups is 1. The Morgan fingerprint density at radius 3 is 2.56 bits per heavy atom. The fraction of sp³-hybridized carbons (Fsp3) is 0.148. The van der Waals surface area contributed by atoms with E-state index < -0.39 is 0 Å². The van der Waals surface area contributed by atoms with E-state index in [4.69, 9.17) is 14.6 Å². The van der Waals surface area contributed by atoms with Crippen LogP contribution in [0.25, 0.3) is 10.8 Å². The Bertz CT molecular complexity index is 1350. The van der Waals surface area contributed by atoms with Gasteiger partial charge in [-0.05, 0) is 64.9 Å². The summed E-state index contributed by atoms with van der Waals surface area (Å²) in [6.07, 6.45) is 0.537. The average molecular weight is 485 g/mol. The molecule has 4 aromatic rings. The maximum atomic E-state index is 6.47. The Hall–Kier alpha value is -3.31. The van der Waals surface area contributed by atoms with Crippen LogP contribution < -0.4 is 9.47 Å². The van der Waals surface area contributed by atoms with Crippen LogP contribution in [0.4, 0.5) is 0 Å². The van der Waals surface area contributed by atoms with Crippen LogP contribution in [0.5, 0.6) is 11.5 Å². The molecule has 32 heavy (non-hydrogen) atoms. The van der Waals surface area contributed by atoms with Crippen LogP contribution in [0.3, 0.4) is 0 Å². The number of fused-ring (bicyclic) bond motifs is 4. The molecule has 6 rings (SSSR count). The second-order valence-corrected chi connectivity index (χ2v) is 9.05. The van der Waals surface area contributed by atoms with E-state index in [0.717, 1.165) is 44.8 Å². The largest absolute Gasteiger partial charge is 0.497 e. The highest BCUT2D eigenvalue weighted by molar-refractivity contribution is 9.10. The molecule has 2 aliphatic rings. The maximum absolute atomic E-state index is 6.47. The summed E-state index contributed by atoms with van der Waals surface area (Å²) in [5.74, 6) is 1.73. The van der Waals surface area contributed by atoms with Gasteiger partial charge in [0.2, 0.25) is 6.23 Å². The molecule has 2 aliphatic heterocycles. The number of ether oxygens (including phenoxy) is 2. The highest BCUT2D eigenvalue weighted by Gasteiger charge is 2.41. The van der Waals surface area contributed by atoms with Crippen molar-refractivity contribution in [3.8, 4) is 11.5 Å². The predicted octanol–water partition coefficient (Wildman–Crippen LogP) is 6.85. The number of benzene rings is 4. The zero-order valence-electron chi connectivity index (χ0n) is 17.5. The van der Waals surface area contributed by atoms with Crippen LogP contribution >= 0.6 is 15.9 Å². The third-order valence-corrected chi connectivity index (χ3v) is 6.73. The molecule has 0 fully saturated rings. The van der Waals surface area contributed by atoms with Crippen molar-refractivity contribution in [2.75, 3.05) is 7.11 Å². The van der Waals surface area contributed by atoms with Crippen LogP contribution in [0.15, 0.2) is 94.5 Å². The zero-order chi connectivity index (χ0) is 21.7. The molecule has 158 valence electrons. The van der Waals surface area contributed by atoms with Crippen molar-refractivity contribution in [3.05, 3.63) is 106 Å². The maximum Gasteiger partial charge on any atom is 0.213 e. The molecule has 0 aliphatic carbocycles. The minimum Gasteiger partial charge on any atom is -0.497 e. The molecule has 0 radical (unpaired) electrons. The SMILES string of the molecule is COc1ccc([C@@H]2Oc3ccc(Br)cc3[C@@H]3CC(c4ccc5ccccc5c4)=NN32)cc1. The monoisotopic (exact) mass is 484 g/mol. The summed E-state index contributed by atoms with van der Waals surface area (Å²) in [6.45, 7) is 0. The van der Waals surface area contributed by atoms with Gasteiger partial charge in [-0.2, -0.15) is 5.10 Å². The van der Waals surface area contributed by atoms with E-state index in [2.05, 4.69) is 69.5 Å². The van der Waals surface area contributed by atoms with E-state index in [0.29, 0.717) is 0 Å². The minimum absolute atomic E-state index is 0.116. The van der Waals surface area contributed by atoms with Gasteiger partial charge in [-0.15, -0.1) is 0 Å². The molecule has 4 aromatic carbocycles. The lowest BCUT2D eigenvalue weighted by molar-refractivity contribution is -0.0191. The summed E-state index contributed by atoms with van der Waals surface area (Å²) in [5, 5.41) is 9.67. The van der Waals surface area contributed by atoms with Crippen molar-refractivity contribution in [1.29, 1.82) is 0 Å². The molecular formula is C27H21BrN2O2. The Labute approximate surface area is 195 Å². The molecule has 0 unspecified atom stereocenters. The number of nitrogens with zero attached hydrogens (tertiary/aromatic N) is 2. The lowest BCUT2D eigenvalue weighted by Crippen LogP contribution is -2.33. The quantitative estimate of drug-likeness (QED) is 0.318. The van der Waals surface area contributed by atoms with E-state index in [1.165, 1.54) is 10.8 Å². The van der Waals surface area contributed by atoms with Crippen molar-refractivity contribution in [2.45, 2.75) is 18.7 Å².